The molecule has 0 bridgehead atoms. The van der Waals surface area contributed by atoms with Gasteiger partial charge in [-0.1, -0.05) is 31.9 Å². The molecule has 4 nitrogen and oxygen atoms in total. The number of hydrogen-bond donors (Lipinski definition) is 0. The van der Waals surface area contributed by atoms with Crippen LogP contribution in [0.2, 0.25) is 0 Å². The van der Waals surface area contributed by atoms with E-state index in [0.29, 0.717) is 30.9 Å². The molecule has 0 unspecified atom stereocenters. The van der Waals surface area contributed by atoms with Gasteiger partial charge in [0, 0.05) is 0 Å². The van der Waals surface area contributed by atoms with Gasteiger partial charge in [-0.15, -0.1) is 10.2 Å². The minimum absolute atomic E-state index is 0.245. The molecular weight excluding hydrogens is 283 g/mol. The summed E-state index contributed by atoms with van der Waals surface area (Å²) in [6, 6.07) is 6.30. The van der Waals surface area contributed by atoms with Crippen LogP contribution in [0.1, 0.15) is 50.0 Å². The number of nitrogens with zero attached hydrogens (tertiary/aromatic N) is 2. The van der Waals surface area contributed by atoms with E-state index in [2.05, 4.69) is 17.1 Å². The van der Waals surface area contributed by atoms with E-state index < -0.39 is 0 Å². The number of rotatable bonds is 5. The van der Waals surface area contributed by atoms with E-state index in [0.717, 1.165) is 24.3 Å². The fourth-order valence-electron chi connectivity index (χ4n) is 2.91. The van der Waals surface area contributed by atoms with Crippen molar-refractivity contribution in [1.29, 1.82) is 0 Å². The van der Waals surface area contributed by atoms with Gasteiger partial charge in [-0.3, -0.25) is 0 Å². The molecule has 1 aliphatic carbocycles. The Morgan fingerprint density at radius 3 is 2.73 bits per heavy atom. The second-order valence-corrected chi connectivity index (χ2v) is 6.10. The van der Waals surface area contributed by atoms with Gasteiger partial charge in [-0.2, -0.15) is 0 Å². The summed E-state index contributed by atoms with van der Waals surface area (Å²) in [6.45, 7) is 2.64. The second-order valence-electron chi connectivity index (χ2n) is 6.10. The molecule has 22 heavy (non-hydrogen) atoms. The van der Waals surface area contributed by atoms with Gasteiger partial charge in [0.15, 0.2) is 0 Å². The Kier molecular flexibility index (Phi) is 4.83. The Morgan fingerprint density at radius 2 is 1.95 bits per heavy atom. The van der Waals surface area contributed by atoms with Crippen molar-refractivity contribution < 1.29 is 13.5 Å². The Labute approximate surface area is 129 Å². The fraction of sp³-hybridized carbons (Fsp3) is 0.529. The molecule has 0 saturated heterocycles. The van der Waals surface area contributed by atoms with Crippen LogP contribution in [0.5, 0.6) is 0 Å². The molecule has 0 aliphatic heterocycles. The first kappa shape index (κ1) is 15.2. The summed E-state index contributed by atoms with van der Waals surface area (Å²) in [5.74, 6) is 1.53. The molecule has 1 aromatic carbocycles. The van der Waals surface area contributed by atoms with Crippen LogP contribution >= 0.6 is 0 Å². The minimum Gasteiger partial charge on any atom is -0.422 e. The van der Waals surface area contributed by atoms with E-state index in [-0.39, 0.29) is 5.82 Å². The molecule has 1 aliphatic rings. The van der Waals surface area contributed by atoms with Crippen LogP contribution in [0.4, 0.5) is 4.39 Å². The lowest BCUT2D eigenvalue weighted by Gasteiger charge is -2.26. The van der Waals surface area contributed by atoms with E-state index in [1.165, 1.54) is 25.0 Å². The maximum atomic E-state index is 12.9. The van der Waals surface area contributed by atoms with Crippen molar-refractivity contribution in [3.63, 3.8) is 0 Å². The third-order valence-corrected chi connectivity index (χ3v) is 4.11. The monoisotopic (exact) mass is 304 g/mol. The summed E-state index contributed by atoms with van der Waals surface area (Å²) in [7, 11) is 0. The summed E-state index contributed by atoms with van der Waals surface area (Å²) in [4.78, 5) is 0. The topological polar surface area (TPSA) is 48.2 Å². The molecule has 2 aromatic rings. The van der Waals surface area contributed by atoms with Crippen molar-refractivity contribution in [2.45, 2.75) is 51.7 Å². The average molecular weight is 304 g/mol. The molecule has 0 N–H and O–H groups in total. The van der Waals surface area contributed by atoms with Gasteiger partial charge in [-0.05, 0) is 36.5 Å². The Bertz CT molecular complexity index is 597. The molecular formula is C17H21FN2O2. The smallest absolute Gasteiger partial charge is 0.242 e. The van der Waals surface area contributed by atoms with Crippen molar-refractivity contribution in [2.24, 2.45) is 5.92 Å². The van der Waals surface area contributed by atoms with Crippen LogP contribution in [-0.2, 0) is 17.8 Å². The van der Waals surface area contributed by atoms with Crippen LogP contribution < -0.4 is 0 Å². The molecule has 0 spiro atoms. The summed E-state index contributed by atoms with van der Waals surface area (Å²) in [5.41, 5.74) is 0.943. The van der Waals surface area contributed by atoms with Crippen molar-refractivity contribution in [3.8, 4) is 0 Å². The zero-order valence-corrected chi connectivity index (χ0v) is 12.8. The number of ether oxygens (including phenoxy) is 1. The lowest BCUT2D eigenvalue weighted by molar-refractivity contribution is -0.00489. The van der Waals surface area contributed by atoms with Crippen LogP contribution in [-0.4, -0.2) is 16.3 Å². The van der Waals surface area contributed by atoms with Gasteiger partial charge >= 0.3 is 0 Å². The second kappa shape index (κ2) is 7.01. The molecule has 1 aromatic heterocycles. The zero-order chi connectivity index (χ0) is 15.4. The molecule has 1 heterocycles. The highest BCUT2D eigenvalue weighted by Gasteiger charge is 2.20. The van der Waals surface area contributed by atoms with E-state index in [9.17, 15) is 4.39 Å². The Hall–Kier alpha value is -1.75. The van der Waals surface area contributed by atoms with Crippen LogP contribution in [0.3, 0.4) is 0 Å². The molecule has 118 valence electrons. The van der Waals surface area contributed by atoms with Gasteiger partial charge in [0.2, 0.25) is 11.8 Å². The van der Waals surface area contributed by atoms with Crippen LogP contribution in [0, 0.1) is 11.7 Å². The van der Waals surface area contributed by atoms with Gasteiger partial charge in [-0.25, -0.2) is 4.39 Å². The fourth-order valence-corrected chi connectivity index (χ4v) is 2.91. The van der Waals surface area contributed by atoms with Crippen molar-refractivity contribution in [2.75, 3.05) is 0 Å². The predicted molar refractivity (Wildman–Crippen MR) is 79.7 cm³/mol. The van der Waals surface area contributed by atoms with Gasteiger partial charge in [0.1, 0.15) is 12.4 Å². The first-order valence-corrected chi connectivity index (χ1v) is 7.86. The maximum Gasteiger partial charge on any atom is 0.242 e. The maximum absolute atomic E-state index is 12.9. The molecule has 5 heteroatoms. The van der Waals surface area contributed by atoms with Gasteiger partial charge < -0.3 is 9.15 Å². The van der Waals surface area contributed by atoms with Crippen LogP contribution in [0.25, 0.3) is 0 Å². The van der Waals surface area contributed by atoms with E-state index in [1.54, 1.807) is 12.1 Å². The largest absolute Gasteiger partial charge is 0.422 e. The van der Waals surface area contributed by atoms with Crippen molar-refractivity contribution >= 4 is 0 Å². The molecule has 3 rings (SSSR count). The lowest BCUT2D eigenvalue weighted by Crippen LogP contribution is -2.21. The van der Waals surface area contributed by atoms with Gasteiger partial charge in [0.25, 0.3) is 0 Å². The first-order chi connectivity index (χ1) is 10.7. The molecule has 1 saturated carbocycles. The highest BCUT2D eigenvalue weighted by molar-refractivity contribution is 5.18. The zero-order valence-electron chi connectivity index (χ0n) is 12.8. The number of halogens is 1. The van der Waals surface area contributed by atoms with Crippen molar-refractivity contribution in [3.05, 3.63) is 47.4 Å². The molecule has 1 fully saturated rings. The third kappa shape index (κ3) is 4.13. The summed E-state index contributed by atoms with van der Waals surface area (Å²) >= 11 is 0. The number of aromatic nitrogens is 2. The summed E-state index contributed by atoms with van der Waals surface area (Å²) < 4.78 is 24.3. The number of hydrogen-bond acceptors (Lipinski definition) is 4. The Morgan fingerprint density at radius 1 is 1.18 bits per heavy atom. The van der Waals surface area contributed by atoms with E-state index in [4.69, 9.17) is 9.15 Å². The molecule has 2 atom stereocenters. The van der Waals surface area contributed by atoms with Crippen LogP contribution in [0.15, 0.2) is 28.7 Å². The quantitative estimate of drug-likeness (QED) is 0.840. The molecule has 0 radical (unpaired) electrons. The summed E-state index contributed by atoms with van der Waals surface area (Å²) in [6.07, 6.45) is 5.55. The first-order valence-electron chi connectivity index (χ1n) is 7.86. The average Bonchev–Trinajstić information content (AvgIpc) is 2.95. The SMILES string of the molecule is C[C@H]1CCC[C@@H](OCc2nnc(Cc3ccc(F)cc3)o2)C1. The predicted octanol–water partition coefficient (Wildman–Crippen LogP) is 3.89. The lowest BCUT2D eigenvalue weighted by atomic mass is 9.89. The minimum atomic E-state index is -0.245. The standard InChI is InChI=1S/C17H21FN2O2/c1-12-3-2-4-15(9-12)21-11-17-20-19-16(22-17)10-13-5-7-14(18)8-6-13/h5-8,12,15H,2-4,9-11H2,1H3/t12-,15+/m0/s1. The highest BCUT2D eigenvalue weighted by atomic mass is 19.1. The van der Waals surface area contributed by atoms with E-state index in [1.807, 2.05) is 0 Å². The van der Waals surface area contributed by atoms with E-state index >= 15 is 0 Å². The molecule has 0 amide bonds. The third-order valence-electron chi connectivity index (χ3n) is 4.11. The van der Waals surface area contributed by atoms with Gasteiger partial charge in [0.05, 0.1) is 12.5 Å². The Balaban J connectivity index is 1.51. The van der Waals surface area contributed by atoms with Crippen molar-refractivity contribution in [1.82, 2.24) is 10.2 Å². The highest BCUT2D eigenvalue weighted by Crippen LogP contribution is 2.26. The summed E-state index contributed by atoms with van der Waals surface area (Å²) in [5, 5.41) is 8.04. The number of benzene rings is 1. The normalized spacial score (nSPS) is 21.9.